The lowest BCUT2D eigenvalue weighted by Crippen LogP contribution is -2.23. The Balaban J connectivity index is 1.59. The minimum Gasteiger partial charge on any atom is -0.378 e. The van der Waals surface area contributed by atoms with E-state index in [2.05, 4.69) is 26.4 Å². The minimum atomic E-state index is -0.211. The molecule has 0 unspecified atom stereocenters. The van der Waals surface area contributed by atoms with Crippen LogP contribution in [0.4, 0.5) is 0 Å². The molecule has 32 heavy (non-hydrogen) atoms. The lowest BCUT2D eigenvalue weighted by Gasteiger charge is -2.13. The van der Waals surface area contributed by atoms with Gasteiger partial charge in [-0.2, -0.15) is 9.61 Å². The highest BCUT2D eigenvalue weighted by atomic mass is 35.5. The van der Waals surface area contributed by atoms with Gasteiger partial charge in [0, 0.05) is 18.7 Å². The van der Waals surface area contributed by atoms with Crippen LogP contribution in [0.1, 0.15) is 37.8 Å². The molecule has 8 nitrogen and oxygen atoms in total. The van der Waals surface area contributed by atoms with Crippen LogP contribution < -0.4 is 5.56 Å². The summed E-state index contributed by atoms with van der Waals surface area (Å²) >= 11 is 6.05. The van der Waals surface area contributed by atoms with Crippen molar-refractivity contribution in [1.82, 2.24) is 29.4 Å². The largest absolute Gasteiger partial charge is 0.378 e. The number of halogens is 1. The molecule has 9 heteroatoms. The summed E-state index contributed by atoms with van der Waals surface area (Å²) in [6.07, 6.45) is 9.43. The third-order valence-electron chi connectivity index (χ3n) is 5.85. The average Bonchev–Trinajstić information content (AvgIpc) is 3.18. The normalized spacial score (nSPS) is 14.2. The van der Waals surface area contributed by atoms with E-state index in [1.807, 2.05) is 24.3 Å². The molecule has 4 aromatic rings. The maximum Gasteiger partial charge on any atom is 0.283 e. The quantitative estimate of drug-likeness (QED) is 0.409. The number of methoxy groups -OCH3 is 1. The van der Waals surface area contributed by atoms with Gasteiger partial charge in [-0.25, -0.2) is 4.98 Å². The Morgan fingerprint density at radius 1 is 1.12 bits per heavy atom. The van der Waals surface area contributed by atoms with Gasteiger partial charge in [0.2, 0.25) is 0 Å². The third-order valence-corrected chi connectivity index (χ3v) is 6.10. The molecular formula is C23H23ClN6O2. The van der Waals surface area contributed by atoms with Crippen molar-refractivity contribution in [2.24, 2.45) is 0 Å². The van der Waals surface area contributed by atoms with Gasteiger partial charge in [0.25, 0.3) is 5.56 Å². The molecule has 0 fully saturated rings. The van der Waals surface area contributed by atoms with Crippen molar-refractivity contribution in [1.29, 1.82) is 0 Å². The number of aryl methyl sites for hydroxylation is 1. The van der Waals surface area contributed by atoms with Crippen molar-refractivity contribution in [3.8, 4) is 11.1 Å². The first-order chi connectivity index (χ1) is 15.7. The number of hydrogen-bond acceptors (Lipinski definition) is 6. The summed E-state index contributed by atoms with van der Waals surface area (Å²) in [4.78, 5) is 17.6. The Kier molecular flexibility index (Phi) is 5.71. The van der Waals surface area contributed by atoms with Gasteiger partial charge in [-0.3, -0.25) is 9.36 Å². The van der Waals surface area contributed by atoms with Crippen molar-refractivity contribution < 1.29 is 4.74 Å². The number of nitrogens with zero attached hydrogens (tertiary/aromatic N) is 6. The zero-order valence-electron chi connectivity index (χ0n) is 17.8. The van der Waals surface area contributed by atoms with Crippen LogP contribution in [0.3, 0.4) is 0 Å². The SMILES string of the molecule is COCc1nn2c(nnc3c(=O)n(CCC4=CCCCC4)cnc32)c1-c1ccc(Cl)cc1. The summed E-state index contributed by atoms with van der Waals surface area (Å²) in [7, 11) is 1.61. The zero-order valence-corrected chi connectivity index (χ0v) is 18.5. The molecule has 0 saturated carbocycles. The van der Waals surface area contributed by atoms with E-state index in [0.29, 0.717) is 28.6 Å². The van der Waals surface area contributed by atoms with Crippen LogP contribution in [0.2, 0.25) is 5.02 Å². The molecule has 1 aromatic carbocycles. The summed E-state index contributed by atoms with van der Waals surface area (Å²) in [5.41, 5.74) is 4.66. The van der Waals surface area contributed by atoms with Gasteiger partial charge in [-0.05, 0) is 49.8 Å². The van der Waals surface area contributed by atoms with Gasteiger partial charge in [0.15, 0.2) is 16.8 Å². The lowest BCUT2D eigenvalue weighted by molar-refractivity contribution is 0.181. The average molecular weight is 451 g/mol. The lowest BCUT2D eigenvalue weighted by atomic mass is 9.97. The van der Waals surface area contributed by atoms with Crippen molar-refractivity contribution >= 4 is 28.4 Å². The summed E-state index contributed by atoms with van der Waals surface area (Å²) < 4.78 is 8.53. The second kappa shape index (κ2) is 8.80. The molecule has 0 saturated heterocycles. The number of allylic oxidation sites excluding steroid dienone is 2. The van der Waals surface area contributed by atoms with Crippen molar-refractivity contribution in [2.45, 2.75) is 45.3 Å². The monoisotopic (exact) mass is 450 g/mol. The van der Waals surface area contributed by atoms with Gasteiger partial charge in [0.1, 0.15) is 6.33 Å². The molecule has 164 valence electrons. The predicted molar refractivity (Wildman–Crippen MR) is 123 cm³/mol. The fraction of sp³-hybridized carbons (Fsp3) is 0.348. The molecule has 0 bridgehead atoms. The highest BCUT2D eigenvalue weighted by molar-refractivity contribution is 6.30. The third kappa shape index (κ3) is 3.80. The van der Waals surface area contributed by atoms with E-state index in [9.17, 15) is 4.79 Å². The number of aromatic nitrogens is 6. The van der Waals surface area contributed by atoms with Crippen LogP contribution in [0, 0.1) is 0 Å². The van der Waals surface area contributed by atoms with Gasteiger partial charge >= 0.3 is 0 Å². The van der Waals surface area contributed by atoms with Crippen molar-refractivity contribution in [3.63, 3.8) is 0 Å². The molecular weight excluding hydrogens is 428 g/mol. The summed E-state index contributed by atoms with van der Waals surface area (Å²) in [6, 6.07) is 7.42. The fourth-order valence-electron chi connectivity index (χ4n) is 4.21. The fourth-order valence-corrected chi connectivity index (χ4v) is 4.33. The maximum absolute atomic E-state index is 13.1. The van der Waals surface area contributed by atoms with Crippen LogP contribution in [-0.4, -0.2) is 36.5 Å². The summed E-state index contributed by atoms with van der Waals surface area (Å²) in [5.74, 6) is 0. The van der Waals surface area contributed by atoms with E-state index in [1.54, 1.807) is 22.5 Å². The standard InChI is InChI=1S/C23H23ClN6O2/c1-32-13-18-19(16-7-9-17(24)10-8-16)21-27-26-20-22(30(21)28-18)25-14-29(23(20)31)12-11-15-5-3-2-4-6-15/h5,7-10,14H,2-4,6,11-13H2,1H3. The van der Waals surface area contributed by atoms with Gasteiger partial charge < -0.3 is 4.74 Å². The summed E-state index contributed by atoms with van der Waals surface area (Å²) in [5, 5.41) is 13.9. The first kappa shape index (κ1) is 20.8. The summed E-state index contributed by atoms with van der Waals surface area (Å²) in [6.45, 7) is 0.867. The number of rotatable bonds is 6. The van der Waals surface area contributed by atoms with Crippen LogP contribution in [-0.2, 0) is 17.9 Å². The zero-order chi connectivity index (χ0) is 22.1. The molecule has 0 radical (unpaired) electrons. The van der Waals surface area contributed by atoms with E-state index in [-0.39, 0.29) is 17.7 Å². The molecule has 1 aliphatic rings. The van der Waals surface area contributed by atoms with Crippen LogP contribution in [0.25, 0.3) is 27.9 Å². The number of hydrogen-bond donors (Lipinski definition) is 0. The Labute approximate surface area is 189 Å². The highest BCUT2D eigenvalue weighted by Crippen LogP contribution is 2.29. The van der Waals surface area contributed by atoms with E-state index < -0.39 is 0 Å². The van der Waals surface area contributed by atoms with Crippen molar-refractivity contribution in [2.75, 3.05) is 7.11 Å². The van der Waals surface area contributed by atoms with E-state index in [0.717, 1.165) is 30.4 Å². The van der Waals surface area contributed by atoms with Crippen molar-refractivity contribution in [3.05, 3.63) is 63.3 Å². The Bertz CT molecular complexity index is 1370. The van der Waals surface area contributed by atoms with E-state index in [4.69, 9.17) is 16.3 Å². The first-order valence-electron chi connectivity index (χ1n) is 10.7. The maximum atomic E-state index is 13.1. The molecule has 0 amide bonds. The van der Waals surface area contributed by atoms with Crippen LogP contribution in [0.15, 0.2) is 47.0 Å². The molecule has 0 atom stereocenters. The number of benzene rings is 1. The molecule has 3 aromatic heterocycles. The molecule has 0 spiro atoms. The van der Waals surface area contributed by atoms with E-state index >= 15 is 0 Å². The molecule has 3 heterocycles. The Morgan fingerprint density at radius 3 is 2.72 bits per heavy atom. The second-order valence-corrected chi connectivity index (χ2v) is 8.41. The molecule has 5 rings (SSSR count). The molecule has 0 aliphatic heterocycles. The minimum absolute atomic E-state index is 0.201. The topological polar surface area (TPSA) is 87.2 Å². The van der Waals surface area contributed by atoms with Crippen LogP contribution >= 0.6 is 11.6 Å². The smallest absolute Gasteiger partial charge is 0.283 e. The second-order valence-electron chi connectivity index (χ2n) is 7.97. The van der Waals surface area contributed by atoms with Gasteiger partial charge in [0.05, 0.1) is 17.9 Å². The first-order valence-corrected chi connectivity index (χ1v) is 11.1. The number of ether oxygens (including phenoxy) is 1. The Hall–Kier alpha value is -3.10. The van der Waals surface area contributed by atoms with Gasteiger partial charge in [-0.1, -0.05) is 35.4 Å². The molecule has 0 N–H and O–H groups in total. The highest BCUT2D eigenvalue weighted by Gasteiger charge is 2.20. The van der Waals surface area contributed by atoms with Crippen LogP contribution in [0.5, 0.6) is 0 Å². The predicted octanol–water partition coefficient (Wildman–Crippen LogP) is 4.19. The Morgan fingerprint density at radius 2 is 1.97 bits per heavy atom. The molecule has 1 aliphatic carbocycles. The number of fused-ring (bicyclic) bond motifs is 3. The van der Waals surface area contributed by atoms with Gasteiger partial charge in [-0.15, -0.1) is 10.2 Å². The van der Waals surface area contributed by atoms with E-state index in [1.165, 1.54) is 18.4 Å².